The Morgan fingerprint density at radius 1 is 1.26 bits per heavy atom. The summed E-state index contributed by atoms with van der Waals surface area (Å²) in [4.78, 5) is 14.2. The molecule has 0 aromatic heterocycles. The summed E-state index contributed by atoms with van der Waals surface area (Å²) in [5, 5.41) is 0. The van der Waals surface area contributed by atoms with Crippen molar-refractivity contribution in [2.45, 2.75) is 13.8 Å². The van der Waals surface area contributed by atoms with Crippen LogP contribution in [0.5, 0.6) is 5.75 Å². The summed E-state index contributed by atoms with van der Waals surface area (Å²) in [5.41, 5.74) is 0.555. The minimum absolute atomic E-state index is 0. The third kappa shape index (κ3) is 7.20. The van der Waals surface area contributed by atoms with E-state index in [2.05, 4.69) is 18.7 Å². The Hall–Kier alpha value is -1.30. The quantitative estimate of drug-likeness (QED) is 0.614. The van der Waals surface area contributed by atoms with Crippen molar-refractivity contribution in [1.82, 2.24) is 4.90 Å². The predicted octanol–water partition coefficient (Wildman–Crippen LogP) is -0.673. The summed E-state index contributed by atoms with van der Waals surface area (Å²) < 4.78 is 16.2. The molecule has 0 spiro atoms. The number of rotatable bonds is 7. The summed E-state index contributed by atoms with van der Waals surface area (Å²) in [6.07, 6.45) is 0. The first-order chi connectivity index (χ1) is 10.6. The van der Waals surface area contributed by atoms with E-state index < -0.39 is 0 Å². The molecule has 1 aliphatic heterocycles. The average molecular weight is 344 g/mol. The normalized spacial score (nSPS) is 15.1. The van der Waals surface area contributed by atoms with Gasteiger partial charge in [-0.1, -0.05) is 13.8 Å². The molecule has 1 aliphatic rings. The van der Waals surface area contributed by atoms with Crippen molar-refractivity contribution in [2.24, 2.45) is 5.92 Å². The number of ether oxygens (including phenoxy) is 3. The highest BCUT2D eigenvalue weighted by Gasteiger charge is 2.12. The van der Waals surface area contributed by atoms with Crippen molar-refractivity contribution in [3.8, 4) is 5.75 Å². The number of hydrogen-bond acceptors (Lipinski definition) is 5. The average Bonchev–Trinajstić information content (AvgIpc) is 2.54. The fraction of sp³-hybridized carbons (Fsp3) is 0.588. The van der Waals surface area contributed by atoms with E-state index in [-0.39, 0.29) is 19.8 Å². The third-order valence-corrected chi connectivity index (χ3v) is 3.42. The maximum atomic E-state index is 12.0. The maximum absolute atomic E-state index is 12.0. The van der Waals surface area contributed by atoms with Crippen molar-refractivity contribution in [1.29, 1.82) is 0 Å². The van der Waals surface area contributed by atoms with Crippen molar-refractivity contribution in [3.63, 3.8) is 0 Å². The zero-order valence-corrected chi connectivity index (χ0v) is 14.6. The van der Waals surface area contributed by atoms with Crippen LogP contribution < -0.4 is 17.1 Å². The molecule has 0 saturated carbocycles. The molecule has 0 amide bonds. The van der Waals surface area contributed by atoms with Gasteiger partial charge < -0.3 is 26.6 Å². The van der Waals surface area contributed by atoms with Crippen molar-refractivity contribution in [2.75, 3.05) is 46.1 Å². The third-order valence-electron chi connectivity index (χ3n) is 3.42. The molecule has 130 valence electrons. The van der Waals surface area contributed by atoms with Crippen molar-refractivity contribution < 1.29 is 32.8 Å². The van der Waals surface area contributed by atoms with Gasteiger partial charge in [0.05, 0.1) is 25.4 Å². The van der Waals surface area contributed by atoms with Gasteiger partial charge in [-0.05, 0) is 30.2 Å². The molecule has 0 unspecified atom stereocenters. The molecule has 1 fully saturated rings. The van der Waals surface area contributed by atoms with E-state index in [1.165, 1.54) is 0 Å². The molecule has 0 N–H and O–H groups in total. The molecule has 1 saturated heterocycles. The monoisotopic (exact) mass is 343 g/mol. The number of esters is 1. The Labute approximate surface area is 145 Å². The Bertz CT molecular complexity index is 464. The molecule has 6 heteroatoms. The fourth-order valence-electron chi connectivity index (χ4n) is 2.13. The van der Waals surface area contributed by atoms with Gasteiger partial charge >= 0.3 is 7.40 Å². The van der Waals surface area contributed by atoms with Gasteiger partial charge in [-0.3, -0.25) is 4.90 Å². The van der Waals surface area contributed by atoms with Gasteiger partial charge in [0.1, 0.15) is 12.4 Å². The lowest BCUT2D eigenvalue weighted by atomic mass is 10.2. The van der Waals surface area contributed by atoms with Crippen LogP contribution in [0, 0.1) is 5.92 Å². The number of halogens is 1. The maximum Gasteiger partial charge on any atom is 1.00 e. The fourth-order valence-corrected chi connectivity index (χ4v) is 2.13. The molecule has 0 bridgehead atoms. The number of nitrogens with zero attached hydrogens (tertiary/aromatic N) is 1. The van der Waals surface area contributed by atoms with Crippen LogP contribution in [0.25, 0.3) is 0 Å². The second-order valence-corrected chi connectivity index (χ2v) is 5.82. The van der Waals surface area contributed by atoms with E-state index >= 15 is 0 Å². The molecule has 1 heterocycles. The van der Waals surface area contributed by atoms with Crippen LogP contribution in [0.15, 0.2) is 24.3 Å². The molecule has 0 radical (unpaired) electrons. The number of carbonyl (C=O) groups excluding carboxylic acids is 1. The van der Waals surface area contributed by atoms with Gasteiger partial charge in [0.15, 0.2) is 0 Å². The van der Waals surface area contributed by atoms with Crippen LogP contribution in [-0.2, 0) is 9.47 Å². The van der Waals surface area contributed by atoms with Gasteiger partial charge in [0.25, 0.3) is 0 Å². The van der Waals surface area contributed by atoms with Gasteiger partial charge in [-0.25, -0.2) is 4.79 Å². The number of benzene rings is 1. The van der Waals surface area contributed by atoms with E-state index in [1.807, 2.05) is 0 Å². The largest absolute Gasteiger partial charge is 1.00 e. The number of hydrogen-bond donors (Lipinski definition) is 0. The molecular weight excluding hydrogens is 318 g/mol. The van der Waals surface area contributed by atoms with Crippen LogP contribution >= 0.6 is 0 Å². The summed E-state index contributed by atoms with van der Waals surface area (Å²) in [6.45, 7) is 9.34. The Morgan fingerprint density at radius 3 is 2.52 bits per heavy atom. The highest BCUT2D eigenvalue weighted by atomic mass is 35.5. The number of carbonyl (C=O) groups is 1. The minimum atomic E-state index is -0.288. The predicted molar refractivity (Wildman–Crippen MR) is 85.4 cm³/mol. The van der Waals surface area contributed by atoms with Crippen molar-refractivity contribution >= 4 is 5.97 Å². The SMILES string of the molecule is CC(C)COc1ccc(C(=O)OCCN2CCOCC2)cc1.[Cl-].[H+]. The van der Waals surface area contributed by atoms with E-state index in [0.29, 0.717) is 24.7 Å². The summed E-state index contributed by atoms with van der Waals surface area (Å²) in [6, 6.07) is 7.10. The first-order valence-electron chi connectivity index (χ1n) is 7.85. The summed E-state index contributed by atoms with van der Waals surface area (Å²) in [5.74, 6) is 0.965. The standard InChI is InChI=1S/C17H25NO4.ClH/c1-14(2)13-22-16-5-3-15(4-6-16)17(19)21-12-9-18-7-10-20-11-8-18;/h3-6,14H,7-13H2,1-2H3;1H. The molecule has 23 heavy (non-hydrogen) atoms. The van der Waals surface area contributed by atoms with Crippen LogP contribution in [0.1, 0.15) is 25.6 Å². The Balaban J connectivity index is 0.00000264. The second-order valence-electron chi connectivity index (χ2n) is 5.82. The molecule has 1 aromatic carbocycles. The smallest absolute Gasteiger partial charge is 1.00 e. The zero-order chi connectivity index (χ0) is 15.8. The zero-order valence-electron chi connectivity index (χ0n) is 14.8. The summed E-state index contributed by atoms with van der Waals surface area (Å²) >= 11 is 0. The minimum Gasteiger partial charge on any atom is -1.00 e. The van der Waals surface area contributed by atoms with Crippen LogP contribution in [0.3, 0.4) is 0 Å². The lowest BCUT2D eigenvalue weighted by Gasteiger charge is -2.26. The molecule has 5 nitrogen and oxygen atoms in total. The number of morpholine rings is 1. The van der Waals surface area contributed by atoms with Crippen LogP contribution in [0.4, 0.5) is 0 Å². The van der Waals surface area contributed by atoms with Crippen LogP contribution in [-0.4, -0.2) is 56.9 Å². The Morgan fingerprint density at radius 2 is 1.91 bits per heavy atom. The Kier molecular flexibility index (Phi) is 8.99. The van der Waals surface area contributed by atoms with E-state index in [1.54, 1.807) is 24.3 Å². The van der Waals surface area contributed by atoms with Crippen molar-refractivity contribution in [3.05, 3.63) is 29.8 Å². The first kappa shape index (κ1) is 19.7. The van der Waals surface area contributed by atoms with E-state index in [0.717, 1.165) is 38.6 Å². The molecule has 2 rings (SSSR count). The molecule has 0 atom stereocenters. The molecule has 1 aromatic rings. The summed E-state index contributed by atoms with van der Waals surface area (Å²) in [7, 11) is 0. The molecular formula is C17H26ClNO4. The topological polar surface area (TPSA) is 48.0 Å². The highest BCUT2D eigenvalue weighted by molar-refractivity contribution is 5.89. The van der Waals surface area contributed by atoms with Gasteiger partial charge in [0.2, 0.25) is 0 Å². The lowest BCUT2D eigenvalue weighted by Crippen LogP contribution is -3.00. The van der Waals surface area contributed by atoms with E-state index in [4.69, 9.17) is 14.2 Å². The molecule has 0 aliphatic carbocycles. The lowest BCUT2D eigenvalue weighted by molar-refractivity contribution is -0.0000380. The van der Waals surface area contributed by atoms with Crippen LogP contribution in [0.2, 0.25) is 0 Å². The van der Waals surface area contributed by atoms with Gasteiger partial charge in [0, 0.05) is 19.6 Å². The van der Waals surface area contributed by atoms with Gasteiger partial charge in [-0.15, -0.1) is 0 Å². The van der Waals surface area contributed by atoms with E-state index in [9.17, 15) is 4.79 Å². The van der Waals surface area contributed by atoms with Gasteiger partial charge in [-0.2, -0.15) is 0 Å². The second kappa shape index (κ2) is 10.5. The highest BCUT2D eigenvalue weighted by Crippen LogP contribution is 2.14. The first-order valence-corrected chi connectivity index (χ1v) is 7.85.